The molecule has 0 aromatic rings. The van der Waals surface area contributed by atoms with Crippen molar-refractivity contribution in [2.24, 2.45) is 5.10 Å². The molecule has 0 atom stereocenters. The maximum atomic E-state index is 4.87. The fourth-order valence-electron chi connectivity index (χ4n) is 0.856. The van der Waals surface area contributed by atoms with Gasteiger partial charge in [0.05, 0.1) is 13.2 Å². The largest absolute Gasteiger partial charge is 0.383 e. The van der Waals surface area contributed by atoms with Crippen LogP contribution in [0.15, 0.2) is 5.10 Å². The number of nitrogens with zero attached hydrogens (tertiary/aromatic N) is 1. The molecule has 1 fully saturated rings. The van der Waals surface area contributed by atoms with Gasteiger partial charge >= 0.3 is 0 Å². The van der Waals surface area contributed by atoms with Gasteiger partial charge in [-0.2, -0.15) is 16.9 Å². The Balaban J connectivity index is 2.03. The van der Waals surface area contributed by atoms with E-state index in [1.54, 1.807) is 7.11 Å². The molecule has 1 aliphatic heterocycles. The first-order chi connectivity index (χ1) is 5.43. The lowest BCUT2D eigenvalue weighted by Crippen LogP contribution is -2.15. The van der Waals surface area contributed by atoms with Crippen LogP contribution in [-0.2, 0) is 4.74 Å². The zero-order chi connectivity index (χ0) is 7.94. The van der Waals surface area contributed by atoms with Gasteiger partial charge in [0.15, 0.2) is 0 Å². The average molecular weight is 174 g/mol. The molecule has 1 heterocycles. The van der Waals surface area contributed by atoms with E-state index in [-0.39, 0.29) is 0 Å². The molecule has 4 heteroatoms. The number of ether oxygens (including phenoxy) is 1. The third-order valence-electron chi connectivity index (χ3n) is 1.46. The number of rotatable bonds is 4. The summed E-state index contributed by atoms with van der Waals surface area (Å²) in [6.07, 6.45) is 1.14. The fourth-order valence-corrected chi connectivity index (χ4v) is 1.82. The number of thioether (sulfide) groups is 1. The Labute approximate surface area is 71.6 Å². The van der Waals surface area contributed by atoms with Gasteiger partial charge in [-0.05, 0) is 12.2 Å². The van der Waals surface area contributed by atoms with Crippen LogP contribution in [0, 0.1) is 0 Å². The van der Waals surface area contributed by atoms with Crippen molar-refractivity contribution >= 4 is 17.5 Å². The summed E-state index contributed by atoms with van der Waals surface area (Å²) in [5.41, 5.74) is 4.26. The third-order valence-corrected chi connectivity index (χ3v) is 2.49. The predicted molar refractivity (Wildman–Crippen MR) is 49.3 cm³/mol. The fraction of sp³-hybridized carbons (Fsp3) is 0.857. The molecule has 1 saturated heterocycles. The van der Waals surface area contributed by atoms with Crippen molar-refractivity contribution in [2.75, 3.05) is 31.8 Å². The van der Waals surface area contributed by atoms with E-state index < -0.39 is 0 Å². The van der Waals surface area contributed by atoms with Gasteiger partial charge in [-0.25, -0.2) is 0 Å². The highest BCUT2D eigenvalue weighted by molar-refractivity contribution is 8.00. The lowest BCUT2D eigenvalue weighted by molar-refractivity contribution is 0.200. The van der Waals surface area contributed by atoms with Crippen molar-refractivity contribution in [1.82, 2.24) is 5.43 Å². The number of methoxy groups -OCH3 is 1. The Bertz CT molecular complexity index is 130. The van der Waals surface area contributed by atoms with Gasteiger partial charge in [-0.1, -0.05) is 0 Å². The lowest BCUT2D eigenvalue weighted by atomic mass is 10.3. The van der Waals surface area contributed by atoms with E-state index in [2.05, 4.69) is 10.5 Å². The SMILES string of the molecule is COCCN/N=C1\CCSC1. The minimum Gasteiger partial charge on any atom is -0.383 e. The summed E-state index contributed by atoms with van der Waals surface area (Å²) in [5, 5.41) is 4.23. The highest BCUT2D eigenvalue weighted by atomic mass is 32.2. The van der Waals surface area contributed by atoms with Crippen LogP contribution in [0.2, 0.25) is 0 Å². The molecule has 1 N–H and O–H groups in total. The molecule has 1 aliphatic rings. The van der Waals surface area contributed by atoms with Crippen molar-refractivity contribution in [2.45, 2.75) is 6.42 Å². The molecule has 0 aliphatic carbocycles. The number of hydrogen-bond donors (Lipinski definition) is 1. The van der Waals surface area contributed by atoms with Gasteiger partial charge < -0.3 is 10.2 Å². The summed E-state index contributed by atoms with van der Waals surface area (Å²) < 4.78 is 4.87. The van der Waals surface area contributed by atoms with Gasteiger partial charge in [0.1, 0.15) is 0 Å². The van der Waals surface area contributed by atoms with E-state index in [4.69, 9.17) is 4.74 Å². The molecule has 11 heavy (non-hydrogen) atoms. The first-order valence-corrected chi connectivity index (χ1v) is 4.94. The van der Waals surface area contributed by atoms with Crippen LogP contribution in [0.4, 0.5) is 0 Å². The zero-order valence-corrected chi connectivity index (χ0v) is 7.62. The first kappa shape index (κ1) is 8.87. The molecule has 0 aromatic carbocycles. The molecule has 0 bridgehead atoms. The maximum Gasteiger partial charge on any atom is 0.0652 e. The monoisotopic (exact) mass is 174 g/mol. The van der Waals surface area contributed by atoms with E-state index >= 15 is 0 Å². The van der Waals surface area contributed by atoms with Crippen molar-refractivity contribution in [1.29, 1.82) is 0 Å². The third kappa shape index (κ3) is 3.62. The summed E-state index contributed by atoms with van der Waals surface area (Å²) in [7, 11) is 1.69. The van der Waals surface area contributed by atoms with Gasteiger partial charge in [-0.15, -0.1) is 0 Å². The molecular weight excluding hydrogens is 160 g/mol. The summed E-state index contributed by atoms with van der Waals surface area (Å²) in [6, 6.07) is 0. The van der Waals surface area contributed by atoms with Gasteiger partial charge in [-0.3, -0.25) is 0 Å². The summed E-state index contributed by atoms with van der Waals surface area (Å²) >= 11 is 1.94. The minimum atomic E-state index is 0.726. The summed E-state index contributed by atoms with van der Waals surface area (Å²) in [6.45, 7) is 1.54. The predicted octanol–water partition coefficient (Wildman–Crippen LogP) is 0.715. The van der Waals surface area contributed by atoms with Gasteiger partial charge in [0.2, 0.25) is 0 Å². The van der Waals surface area contributed by atoms with Crippen LogP contribution in [0.3, 0.4) is 0 Å². The second-order valence-electron chi connectivity index (χ2n) is 2.38. The highest BCUT2D eigenvalue weighted by Crippen LogP contribution is 2.13. The van der Waals surface area contributed by atoms with Crippen molar-refractivity contribution < 1.29 is 4.74 Å². The number of hydrogen-bond acceptors (Lipinski definition) is 4. The summed E-state index contributed by atoms with van der Waals surface area (Å²) in [5.74, 6) is 2.32. The lowest BCUT2D eigenvalue weighted by Gasteiger charge is -1.99. The quantitative estimate of drug-likeness (QED) is 0.503. The average Bonchev–Trinajstić information content (AvgIpc) is 2.50. The molecule has 0 spiro atoms. The van der Waals surface area contributed by atoms with E-state index in [0.29, 0.717) is 0 Å². The molecule has 3 nitrogen and oxygen atoms in total. The Morgan fingerprint density at radius 2 is 2.64 bits per heavy atom. The Kier molecular flexibility index (Phi) is 4.38. The van der Waals surface area contributed by atoms with Crippen LogP contribution < -0.4 is 5.43 Å². The smallest absolute Gasteiger partial charge is 0.0652 e. The van der Waals surface area contributed by atoms with E-state index in [1.807, 2.05) is 11.8 Å². The Morgan fingerprint density at radius 1 is 1.73 bits per heavy atom. The maximum absolute atomic E-state index is 4.87. The second-order valence-corrected chi connectivity index (χ2v) is 3.49. The molecular formula is C7H14N2OS. The Hall–Kier alpha value is -0.220. The molecule has 0 unspecified atom stereocenters. The molecule has 64 valence electrons. The first-order valence-electron chi connectivity index (χ1n) is 3.78. The number of nitrogens with one attached hydrogen (secondary N) is 1. The normalized spacial score (nSPS) is 21.0. The zero-order valence-electron chi connectivity index (χ0n) is 6.80. The topological polar surface area (TPSA) is 33.6 Å². The van der Waals surface area contributed by atoms with Crippen LogP contribution in [0.25, 0.3) is 0 Å². The highest BCUT2D eigenvalue weighted by Gasteiger charge is 2.07. The van der Waals surface area contributed by atoms with Crippen LogP contribution in [-0.4, -0.2) is 37.5 Å². The molecule has 0 aromatic heterocycles. The Morgan fingerprint density at radius 3 is 3.27 bits per heavy atom. The standard InChI is InChI=1S/C7H14N2OS/c1-10-4-3-8-9-7-2-5-11-6-7/h8H,2-6H2,1H3/b9-7+. The molecule has 0 saturated carbocycles. The second kappa shape index (κ2) is 5.43. The van der Waals surface area contributed by atoms with Crippen LogP contribution in [0.1, 0.15) is 6.42 Å². The van der Waals surface area contributed by atoms with Gasteiger partial charge in [0.25, 0.3) is 0 Å². The molecule has 1 rings (SSSR count). The van der Waals surface area contributed by atoms with E-state index in [1.165, 1.54) is 11.5 Å². The molecule has 0 radical (unpaired) electrons. The molecule has 0 amide bonds. The van der Waals surface area contributed by atoms with Crippen LogP contribution >= 0.6 is 11.8 Å². The summed E-state index contributed by atoms with van der Waals surface area (Å²) in [4.78, 5) is 0. The van der Waals surface area contributed by atoms with E-state index in [0.717, 1.165) is 25.3 Å². The van der Waals surface area contributed by atoms with Crippen LogP contribution in [0.5, 0.6) is 0 Å². The van der Waals surface area contributed by atoms with Crippen molar-refractivity contribution in [3.8, 4) is 0 Å². The van der Waals surface area contributed by atoms with Gasteiger partial charge in [0, 0.05) is 18.6 Å². The number of hydrazone groups is 1. The van der Waals surface area contributed by atoms with Crippen molar-refractivity contribution in [3.05, 3.63) is 0 Å². The minimum absolute atomic E-state index is 0.726. The van der Waals surface area contributed by atoms with Crippen molar-refractivity contribution in [3.63, 3.8) is 0 Å². The van der Waals surface area contributed by atoms with E-state index in [9.17, 15) is 0 Å².